The maximum atomic E-state index is 10.1. The Labute approximate surface area is 139 Å². The van der Waals surface area contributed by atoms with E-state index in [9.17, 15) is 14.4 Å². The van der Waals surface area contributed by atoms with Crippen LogP contribution < -0.4 is 17.2 Å². The number of nitrogens with two attached hydrogens (primary N) is 3. The normalized spacial score (nSPS) is 12.1. The third kappa shape index (κ3) is 18.9. The highest BCUT2D eigenvalue weighted by Crippen LogP contribution is 2.00. The predicted octanol–water partition coefficient (Wildman–Crippen LogP) is -0.835. The standard InChI is InChI=1S/C6H14N2O2.C5H9NO4S.ClH/c7-4-2-1-3-5(8)6(9)10;6-3(5(9)10)1-11-2-4(7)8;/h5H,1-4,7-8H2,(H,9,10);3H,1-2,6H2,(H,7,8)(H,9,10);1H. The monoisotopic (exact) mass is 361 g/mol. The molecule has 0 aromatic rings. The molecule has 0 saturated carbocycles. The van der Waals surface area contributed by atoms with Crippen molar-refractivity contribution in [2.75, 3.05) is 18.1 Å². The van der Waals surface area contributed by atoms with E-state index >= 15 is 0 Å². The summed E-state index contributed by atoms with van der Waals surface area (Å²) < 4.78 is 0. The first-order valence-electron chi connectivity index (χ1n) is 6.18. The number of carboxylic acid groups (broad SMARTS) is 3. The number of rotatable bonds is 10. The van der Waals surface area contributed by atoms with Crippen molar-refractivity contribution < 1.29 is 29.7 Å². The molecule has 0 aliphatic carbocycles. The molecule has 0 spiro atoms. The van der Waals surface area contributed by atoms with Crippen LogP contribution in [0.25, 0.3) is 0 Å². The second-order valence-electron chi connectivity index (χ2n) is 4.08. The molecule has 0 bridgehead atoms. The molecule has 2 atom stereocenters. The third-order valence-corrected chi connectivity index (χ3v) is 3.17. The summed E-state index contributed by atoms with van der Waals surface area (Å²) in [6.07, 6.45) is 2.16. The van der Waals surface area contributed by atoms with Crippen molar-refractivity contribution in [2.24, 2.45) is 17.2 Å². The minimum atomic E-state index is -1.11. The van der Waals surface area contributed by atoms with E-state index in [1.807, 2.05) is 0 Å². The molecular formula is C11H24ClN3O6S. The second kappa shape index (κ2) is 16.3. The molecule has 0 aromatic carbocycles. The van der Waals surface area contributed by atoms with Gasteiger partial charge in [-0.25, -0.2) is 0 Å². The molecule has 11 heteroatoms. The zero-order chi connectivity index (χ0) is 16.8. The molecule has 9 N–H and O–H groups in total. The van der Waals surface area contributed by atoms with Gasteiger partial charge in [0.2, 0.25) is 0 Å². The number of hydrogen-bond acceptors (Lipinski definition) is 7. The van der Waals surface area contributed by atoms with Crippen molar-refractivity contribution in [3.8, 4) is 0 Å². The zero-order valence-corrected chi connectivity index (χ0v) is 13.6. The molecule has 0 aliphatic rings. The van der Waals surface area contributed by atoms with Crippen LogP contribution in [-0.4, -0.2) is 63.4 Å². The summed E-state index contributed by atoms with van der Waals surface area (Å²) in [5.74, 6) is -2.99. The van der Waals surface area contributed by atoms with Crippen molar-refractivity contribution in [3.63, 3.8) is 0 Å². The van der Waals surface area contributed by atoms with Crippen molar-refractivity contribution >= 4 is 42.1 Å². The molecule has 0 aliphatic heterocycles. The van der Waals surface area contributed by atoms with E-state index in [2.05, 4.69) is 0 Å². The Balaban J connectivity index is -0.000000315. The Morgan fingerprint density at radius 3 is 1.82 bits per heavy atom. The molecule has 132 valence electrons. The lowest BCUT2D eigenvalue weighted by Gasteiger charge is -2.03. The third-order valence-electron chi connectivity index (χ3n) is 2.13. The Bertz CT molecular complexity index is 335. The zero-order valence-electron chi connectivity index (χ0n) is 12.0. The van der Waals surface area contributed by atoms with Crippen LogP contribution in [0.1, 0.15) is 19.3 Å². The van der Waals surface area contributed by atoms with E-state index in [1.165, 1.54) is 0 Å². The van der Waals surface area contributed by atoms with E-state index < -0.39 is 30.0 Å². The first-order chi connectivity index (χ1) is 9.72. The van der Waals surface area contributed by atoms with Crippen LogP contribution >= 0.6 is 24.2 Å². The summed E-state index contributed by atoms with van der Waals surface area (Å²) in [4.78, 5) is 30.2. The topological polar surface area (TPSA) is 190 Å². The van der Waals surface area contributed by atoms with Crippen LogP contribution in [0, 0.1) is 0 Å². The highest BCUT2D eigenvalue weighted by Gasteiger charge is 2.11. The van der Waals surface area contributed by atoms with Crippen molar-refractivity contribution in [3.05, 3.63) is 0 Å². The summed E-state index contributed by atoms with van der Waals surface area (Å²) >= 11 is 0.992. The Hall–Kier alpha value is -1.07. The van der Waals surface area contributed by atoms with Gasteiger partial charge in [0.15, 0.2) is 0 Å². The summed E-state index contributed by atoms with van der Waals surface area (Å²) in [5, 5.41) is 24.7. The Morgan fingerprint density at radius 1 is 0.955 bits per heavy atom. The van der Waals surface area contributed by atoms with Crippen molar-refractivity contribution in [1.29, 1.82) is 0 Å². The lowest BCUT2D eigenvalue weighted by atomic mass is 10.1. The fourth-order valence-corrected chi connectivity index (χ4v) is 1.67. The van der Waals surface area contributed by atoms with Crippen LogP contribution in [0.4, 0.5) is 0 Å². The van der Waals surface area contributed by atoms with Gasteiger partial charge >= 0.3 is 17.9 Å². The van der Waals surface area contributed by atoms with Crippen LogP contribution in [0.3, 0.4) is 0 Å². The molecule has 0 radical (unpaired) electrons. The molecule has 2 unspecified atom stereocenters. The molecule has 0 saturated heterocycles. The summed E-state index contributed by atoms with van der Waals surface area (Å²) in [6.45, 7) is 0.604. The Kier molecular flexibility index (Phi) is 19.2. The molecule has 0 heterocycles. The number of carbonyl (C=O) groups is 3. The van der Waals surface area contributed by atoms with Crippen LogP contribution in [-0.2, 0) is 14.4 Å². The van der Waals surface area contributed by atoms with Gasteiger partial charge in [0.05, 0.1) is 5.75 Å². The number of thioether (sulfide) groups is 1. The lowest BCUT2D eigenvalue weighted by Crippen LogP contribution is -2.32. The quantitative estimate of drug-likeness (QED) is 0.267. The van der Waals surface area contributed by atoms with E-state index in [4.69, 9.17) is 32.5 Å². The minimum Gasteiger partial charge on any atom is -0.481 e. The average Bonchev–Trinajstić information content (AvgIpc) is 2.38. The highest BCUT2D eigenvalue weighted by molar-refractivity contribution is 8.00. The van der Waals surface area contributed by atoms with E-state index in [1.54, 1.807) is 0 Å². The fraction of sp³-hybridized carbons (Fsp3) is 0.727. The lowest BCUT2D eigenvalue weighted by molar-refractivity contribution is -0.139. The first-order valence-corrected chi connectivity index (χ1v) is 7.34. The van der Waals surface area contributed by atoms with Crippen LogP contribution in [0.5, 0.6) is 0 Å². The number of halogens is 1. The fourth-order valence-electron chi connectivity index (χ4n) is 0.977. The van der Waals surface area contributed by atoms with Crippen LogP contribution in [0.2, 0.25) is 0 Å². The molecule has 9 nitrogen and oxygen atoms in total. The molecular weight excluding hydrogens is 338 g/mol. The van der Waals surface area contributed by atoms with Gasteiger partial charge < -0.3 is 32.5 Å². The molecule has 22 heavy (non-hydrogen) atoms. The van der Waals surface area contributed by atoms with Gasteiger partial charge in [0, 0.05) is 5.75 Å². The number of carboxylic acids is 3. The van der Waals surface area contributed by atoms with E-state index in [0.717, 1.165) is 24.6 Å². The number of aliphatic carboxylic acids is 3. The SMILES string of the molecule is Cl.NC(CSCC(=O)O)C(=O)O.NCCCCC(N)C(=O)O. The molecule has 0 rings (SSSR count). The van der Waals surface area contributed by atoms with Gasteiger partial charge in [0.25, 0.3) is 0 Å². The van der Waals surface area contributed by atoms with Crippen LogP contribution in [0.15, 0.2) is 0 Å². The van der Waals surface area contributed by atoms with Gasteiger partial charge in [0.1, 0.15) is 12.1 Å². The summed E-state index contributed by atoms with van der Waals surface area (Å²) in [7, 11) is 0. The van der Waals surface area contributed by atoms with E-state index in [-0.39, 0.29) is 23.9 Å². The smallest absolute Gasteiger partial charge is 0.321 e. The first kappa shape index (κ1) is 25.9. The molecule has 0 fully saturated rings. The minimum absolute atomic E-state index is 0. The summed E-state index contributed by atoms with van der Waals surface area (Å²) in [6, 6.07) is -1.69. The van der Waals surface area contributed by atoms with E-state index in [0.29, 0.717) is 13.0 Å². The number of unbranched alkanes of at least 4 members (excludes halogenated alkanes) is 1. The largest absolute Gasteiger partial charge is 0.481 e. The maximum Gasteiger partial charge on any atom is 0.321 e. The van der Waals surface area contributed by atoms with Gasteiger partial charge in [-0.3, -0.25) is 14.4 Å². The van der Waals surface area contributed by atoms with Gasteiger partial charge in [-0.1, -0.05) is 6.42 Å². The highest BCUT2D eigenvalue weighted by atomic mass is 35.5. The summed E-state index contributed by atoms with van der Waals surface area (Å²) in [5.41, 5.74) is 15.5. The average molecular weight is 362 g/mol. The van der Waals surface area contributed by atoms with Crippen molar-refractivity contribution in [2.45, 2.75) is 31.3 Å². The second-order valence-corrected chi connectivity index (χ2v) is 5.11. The van der Waals surface area contributed by atoms with Gasteiger partial charge in [-0.15, -0.1) is 24.2 Å². The van der Waals surface area contributed by atoms with Gasteiger partial charge in [-0.05, 0) is 19.4 Å². The number of hydrogen-bond donors (Lipinski definition) is 6. The Morgan fingerprint density at radius 2 is 1.45 bits per heavy atom. The predicted molar refractivity (Wildman–Crippen MR) is 86.3 cm³/mol. The molecule has 0 amide bonds. The van der Waals surface area contributed by atoms with Gasteiger partial charge in [-0.2, -0.15) is 0 Å². The van der Waals surface area contributed by atoms with Crippen molar-refractivity contribution in [1.82, 2.24) is 0 Å². The molecule has 0 aromatic heterocycles. The maximum absolute atomic E-state index is 10.1.